The molecule has 0 spiro atoms. The summed E-state index contributed by atoms with van der Waals surface area (Å²) in [5, 5.41) is 2.83. The maximum Gasteiger partial charge on any atom is 0.240 e. The molecule has 0 aliphatic heterocycles. The molecule has 5 heteroatoms. The summed E-state index contributed by atoms with van der Waals surface area (Å²) in [5.74, 6) is 0.354. The molecule has 0 fully saturated rings. The first kappa shape index (κ1) is 11.2. The molecule has 0 saturated carbocycles. The van der Waals surface area contributed by atoms with Crippen LogP contribution in [0.1, 0.15) is 5.56 Å². The molecule has 0 bridgehead atoms. The minimum Gasteiger partial charge on any atom is -0.382 e. The summed E-state index contributed by atoms with van der Waals surface area (Å²) in [5.41, 5.74) is 6.53. The first-order valence-corrected chi connectivity index (χ1v) is 5.32. The van der Waals surface area contributed by atoms with Crippen LogP contribution in [0.4, 0.5) is 5.82 Å². The third-order valence-corrected chi connectivity index (χ3v) is 2.31. The van der Waals surface area contributed by atoms with Crippen LogP contribution >= 0.6 is 0 Å². The van der Waals surface area contributed by atoms with Gasteiger partial charge in [0.25, 0.3) is 0 Å². The van der Waals surface area contributed by atoms with Crippen molar-refractivity contribution in [3.63, 3.8) is 0 Å². The van der Waals surface area contributed by atoms with E-state index in [0.29, 0.717) is 12.4 Å². The van der Waals surface area contributed by atoms with E-state index in [1.807, 2.05) is 30.3 Å². The lowest BCUT2D eigenvalue weighted by Gasteiger charge is -2.05. The summed E-state index contributed by atoms with van der Waals surface area (Å²) in [4.78, 5) is 15.4. The van der Waals surface area contributed by atoms with Gasteiger partial charge in [0.15, 0.2) is 0 Å². The highest BCUT2D eigenvalue weighted by Crippen LogP contribution is 1.98. The van der Waals surface area contributed by atoms with E-state index in [1.54, 1.807) is 10.8 Å². The summed E-state index contributed by atoms with van der Waals surface area (Å²) in [6.07, 6.45) is 3.17. The van der Waals surface area contributed by atoms with Gasteiger partial charge in [-0.05, 0) is 5.56 Å². The number of hydrogen-bond acceptors (Lipinski definition) is 3. The fourth-order valence-corrected chi connectivity index (χ4v) is 1.48. The van der Waals surface area contributed by atoms with Gasteiger partial charge < -0.3 is 15.6 Å². The SMILES string of the molecule is Nc1cn(CC(=O)NCc2ccccc2)cn1. The van der Waals surface area contributed by atoms with Gasteiger partial charge in [0.2, 0.25) is 5.91 Å². The maximum absolute atomic E-state index is 11.6. The zero-order valence-electron chi connectivity index (χ0n) is 9.34. The number of nitrogens with two attached hydrogens (primary N) is 1. The van der Waals surface area contributed by atoms with Crippen LogP contribution in [0.15, 0.2) is 42.9 Å². The van der Waals surface area contributed by atoms with Crippen LogP contribution in [-0.2, 0) is 17.9 Å². The number of carbonyl (C=O) groups excluding carboxylic acids is 1. The number of amides is 1. The molecule has 17 heavy (non-hydrogen) atoms. The van der Waals surface area contributed by atoms with E-state index in [0.717, 1.165) is 5.56 Å². The average molecular weight is 230 g/mol. The molecular formula is C12H14N4O. The first-order chi connectivity index (χ1) is 8.24. The van der Waals surface area contributed by atoms with Gasteiger partial charge in [-0.2, -0.15) is 0 Å². The zero-order chi connectivity index (χ0) is 12.1. The van der Waals surface area contributed by atoms with E-state index >= 15 is 0 Å². The Morgan fingerprint density at radius 3 is 2.76 bits per heavy atom. The molecule has 1 heterocycles. The number of anilines is 1. The van der Waals surface area contributed by atoms with Crippen LogP contribution in [0, 0.1) is 0 Å². The molecule has 88 valence electrons. The summed E-state index contributed by atoms with van der Waals surface area (Å²) >= 11 is 0. The van der Waals surface area contributed by atoms with Gasteiger partial charge in [-0.3, -0.25) is 4.79 Å². The molecule has 0 aliphatic rings. The van der Waals surface area contributed by atoms with E-state index in [4.69, 9.17) is 5.73 Å². The Balaban J connectivity index is 1.82. The van der Waals surface area contributed by atoms with Gasteiger partial charge in [-0.1, -0.05) is 30.3 Å². The van der Waals surface area contributed by atoms with Gasteiger partial charge in [0, 0.05) is 12.7 Å². The highest BCUT2D eigenvalue weighted by molar-refractivity contribution is 5.75. The second-order valence-electron chi connectivity index (χ2n) is 3.73. The monoisotopic (exact) mass is 230 g/mol. The first-order valence-electron chi connectivity index (χ1n) is 5.32. The van der Waals surface area contributed by atoms with Crippen molar-refractivity contribution in [1.29, 1.82) is 0 Å². The number of benzene rings is 1. The normalized spacial score (nSPS) is 10.1. The van der Waals surface area contributed by atoms with Crippen LogP contribution in [0.25, 0.3) is 0 Å². The van der Waals surface area contributed by atoms with Crippen LogP contribution in [0.3, 0.4) is 0 Å². The number of nitrogen functional groups attached to an aromatic ring is 1. The van der Waals surface area contributed by atoms with Gasteiger partial charge in [0.1, 0.15) is 12.4 Å². The Hall–Kier alpha value is -2.30. The van der Waals surface area contributed by atoms with Crippen molar-refractivity contribution in [2.75, 3.05) is 5.73 Å². The van der Waals surface area contributed by atoms with Crippen LogP contribution in [-0.4, -0.2) is 15.5 Å². The predicted molar refractivity (Wildman–Crippen MR) is 64.9 cm³/mol. The van der Waals surface area contributed by atoms with Gasteiger partial charge in [-0.15, -0.1) is 0 Å². The fourth-order valence-electron chi connectivity index (χ4n) is 1.48. The second kappa shape index (κ2) is 5.16. The molecule has 1 aromatic heterocycles. The van der Waals surface area contributed by atoms with Gasteiger partial charge in [0.05, 0.1) is 6.33 Å². The van der Waals surface area contributed by atoms with Gasteiger partial charge in [-0.25, -0.2) is 4.98 Å². The third kappa shape index (κ3) is 3.34. The lowest BCUT2D eigenvalue weighted by atomic mass is 10.2. The van der Waals surface area contributed by atoms with E-state index in [1.165, 1.54) is 6.33 Å². The smallest absolute Gasteiger partial charge is 0.240 e. The Bertz CT molecular complexity index is 492. The summed E-state index contributed by atoms with van der Waals surface area (Å²) < 4.78 is 1.65. The van der Waals surface area contributed by atoms with Crippen molar-refractivity contribution in [2.45, 2.75) is 13.1 Å². The standard InChI is InChI=1S/C12H14N4O/c13-11-7-16(9-15-11)8-12(17)14-6-10-4-2-1-3-5-10/h1-5,7,9H,6,8,13H2,(H,14,17). The highest BCUT2D eigenvalue weighted by Gasteiger charge is 2.02. The molecular weight excluding hydrogens is 216 g/mol. The summed E-state index contributed by atoms with van der Waals surface area (Å²) in [7, 11) is 0. The van der Waals surface area contributed by atoms with Crippen molar-refractivity contribution in [3.05, 3.63) is 48.4 Å². The summed E-state index contributed by atoms with van der Waals surface area (Å²) in [6.45, 7) is 0.765. The van der Waals surface area contributed by atoms with Crippen LogP contribution in [0.2, 0.25) is 0 Å². The highest BCUT2D eigenvalue weighted by atomic mass is 16.1. The average Bonchev–Trinajstić information content (AvgIpc) is 2.73. The fraction of sp³-hybridized carbons (Fsp3) is 0.167. The minimum atomic E-state index is -0.0637. The van der Waals surface area contributed by atoms with Crippen molar-refractivity contribution >= 4 is 11.7 Å². The van der Waals surface area contributed by atoms with Crippen LogP contribution in [0.5, 0.6) is 0 Å². The molecule has 0 unspecified atom stereocenters. The molecule has 5 nitrogen and oxygen atoms in total. The van der Waals surface area contributed by atoms with E-state index in [9.17, 15) is 4.79 Å². The third-order valence-electron chi connectivity index (χ3n) is 2.31. The molecule has 0 aliphatic carbocycles. The molecule has 2 aromatic rings. The number of aromatic nitrogens is 2. The van der Waals surface area contributed by atoms with Gasteiger partial charge >= 0.3 is 0 Å². The van der Waals surface area contributed by atoms with E-state index < -0.39 is 0 Å². The number of nitrogens with one attached hydrogen (secondary N) is 1. The Kier molecular flexibility index (Phi) is 3.40. The molecule has 1 aromatic carbocycles. The Morgan fingerprint density at radius 1 is 1.35 bits per heavy atom. The lowest BCUT2D eigenvalue weighted by Crippen LogP contribution is -2.26. The topological polar surface area (TPSA) is 72.9 Å². The molecule has 2 rings (SSSR count). The minimum absolute atomic E-state index is 0.0637. The quantitative estimate of drug-likeness (QED) is 0.815. The van der Waals surface area contributed by atoms with E-state index in [-0.39, 0.29) is 12.5 Å². The summed E-state index contributed by atoms with van der Waals surface area (Å²) in [6, 6.07) is 9.76. The molecule has 3 N–H and O–H groups in total. The van der Waals surface area contributed by atoms with Crippen molar-refractivity contribution in [1.82, 2.24) is 14.9 Å². The number of rotatable bonds is 4. The number of carbonyl (C=O) groups is 1. The second-order valence-corrected chi connectivity index (χ2v) is 3.73. The number of nitrogens with zero attached hydrogens (tertiary/aromatic N) is 2. The Labute approximate surface area is 99.3 Å². The molecule has 0 radical (unpaired) electrons. The Morgan fingerprint density at radius 2 is 2.12 bits per heavy atom. The lowest BCUT2D eigenvalue weighted by molar-refractivity contribution is -0.121. The predicted octanol–water partition coefficient (Wildman–Crippen LogP) is 0.782. The number of imidazole rings is 1. The largest absolute Gasteiger partial charge is 0.382 e. The molecule has 0 atom stereocenters. The van der Waals surface area contributed by atoms with Crippen molar-refractivity contribution < 1.29 is 4.79 Å². The molecule has 0 saturated heterocycles. The van der Waals surface area contributed by atoms with E-state index in [2.05, 4.69) is 10.3 Å². The number of hydrogen-bond donors (Lipinski definition) is 2. The molecule has 1 amide bonds. The maximum atomic E-state index is 11.6. The zero-order valence-corrected chi connectivity index (χ0v) is 9.34. The van der Waals surface area contributed by atoms with Crippen LogP contribution < -0.4 is 11.1 Å². The van der Waals surface area contributed by atoms with Crippen molar-refractivity contribution in [3.8, 4) is 0 Å². The van der Waals surface area contributed by atoms with Crippen molar-refractivity contribution in [2.24, 2.45) is 0 Å².